The van der Waals surface area contributed by atoms with Gasteiger partial charge >= 0.3 is 0 Å². The van der Waals surface area contributed by atoms with Crippen molar-refractivity contribution in [3.05, 3.63) is 70.3 Å². The first-order valence-corrected chi connectivity index (χ1v) is 7.58. The van der Waals surface area contributed by atoms with E-state index in [1.807, 2.05) is 12.1 Å². The van der Waals surface area contributed by atoms with Gasteiger partial charge in [-0.1, -0.05) is 46.3 Å². The van der Waals surface area contributed by atoms with Gasteiger partial charge in [-0.2, -0.15) is 0 Å². The summed E-state index contributed by atoms with van der Waals surface area (Å²) in [6, 6.07) is 16.8. The molecule has 102 valence electrons. The monoisotopic (exact) mass is 328 g/mol. The molecule has 1 heterocycles. The van der Waals surface area contributed by atoms with Gasteiger partial charge in [0.15, 0.2) is 0 Å². The van der Waals surface area contributed by atoms with E-state index in [4.69, 9.17) is 5.73 Å². The summed E-state index contributed by atoms with van der Waals surface area (Å²) in [6.45, 7) is 0.647. The van der Waals surface area contributed by atoms with E-state index in [0.29, 0.717) is 12.5 Å². The molecule has 0 aliphatic carbocycles. The molecule has 2 nitrogen and oxygen atoms in total. The molecule has 1 aromatic heterocycles. The standard InChI is InChI=1S/C17H17BrN2/c18-14-5-3-4-12(9-14)8-13(10-19)16-11-20-17-7-2-1-6-15(16)17/h1-7,9,11,13,20H,8,10,19H2. The number of hydrogen-bond donors (Lipinski definition) is 2. The fourth-order valence-corrected chi connectivity index (χ4v) is 3.15. The molecule has 0 saturated carbocycles. The predicted molar refractivity (Wildman–Crippen MR) is 87.9 cm³/mol. The van der Waals surface area contributed by atoms with Gasteiger partial charge in [-0.3, -0.25) is 0 Å². The first-order valence-electron chi connectivity index (χ1n) is 6.78. The van der Waals surface area contributed by atoms with Crippen molar-refractivity contribution >= 4 is 26.8 Å². The van der Waals surface area contributed by atoms with E-state index in [1.165, 1.54) is 22.0 Å². The van der Waals surface area contributed by atoms with Crippen molar-refractivity contribution in [3.63, 3.8) is 0 Å². The molecule has 20 heavy (non-hydrogen) atoms. The lowest BCUT2D eigenvalue weighted by atomic mass is 9.92. The fraction of sp³-hybridized carbons (Fsp3) is 0.176. The van der Waals surface area contributed by atoms with Crippen LogP contribution < -0.4 is 5.73 Å². The van der Waals surface area contributed by atoms with E-state index in [9.17, 15) is 0 Å². The van der Waals surface area contributed by atoms with Crippen LogP contribution in [0.3, 0.4) is 0 Å². The van der Waals surface area contributed by atoms with Crippen molar-refractivity contribution in [1.82, 2.24) is 4.98 Å². The van der Waals surface area contributed by atoms with Gasteiger partial charge in [0.2, 0.25) is 0 Å². The molecule has 0 aliphatic heterocycles. The highest BCUT2D eigenvalue weighted by molar-refractivity contribution is 9.10. The molecular formula is C17H17BrN2. The molecule has 3 heteroatoms. The van der Waals surface area contributed by atoms with Crippen molar-refractivity contribution in [2.45, 2.75) is 12.3 Å². The van der Waals surface area contributed by atoms with Crippen molar-refractivity contribution in [2.75, 3.05) is 6.54 Å². The number of nitrogens with one attached hydrogen (secondary N) is 1. The van der Waals surface area contributed by atoms with Crippen molar-refractivity contribution in [3.8, 4) is 0 Å². The molecule has 3 N–H and O–H groups in total. The Hall–Kier alpha value is -1.58. The Labute approximate surface area is 127 Å². The summed E-state index contributed by atoms with van der Waals surface area (Å²) < 4.78 is 1.12. The lowest BCUT2D eigenvalue weighted by Gasteiger charge is -2.14. The zero-order valence-corrected chi connectivity index (χ0v) is 12.7. The molecule has 1 unspecified atom stereocenters. The zero-order chi connectivity index (χ0) is 13.9. The summed E-state index contributed by atoms with van der Waals surface area (Å²) in [4.78, 5) is 3.34. The lowest BCUT2D eigenvalue weighted by Crippen LogP contribution is -2.14. The van der Waals surface area contributed by atoms with E-state index in [-0.39, 0.29) is 0 Å². The maximum Gasteiger partial charge on any atom is 0.0456 e. The Morgan fingerprint density at radius 2 is 1.95 bits per heavy atom. The summed E-state index contributed by atoms with van der Waals surface area (Å²) in [7, 11) is 0. The van der Waals surface area contributed by atoms with Crippen molar-refractivity contribution in [2.24, 2.45) is 5.73 Å². The second-order valence-electron chi connectivity index (χ2n) is 5.06. The third-order valence-corrected chi connectivity index (χ3v) is 4.21. The quantitative estimate of drug-likeness (QED) is 0.739. The number of para-hydroxylation sites is 1. The van der Waals surface area contributed by atoms with Crippen LogP contribution in [0, 0.1) is 0 Å². The van der Waals surface area contributed by atoms with Gasteiger partial charge in [-0.15, -0.1) is 0 Å². The third kappa shape index (κ3) is 2.65. The van der Waals surface area contributed by atoms with E-state index in [2.05, 4.69) is 63.5 Å². The molecule has 0 bridgehead atoms. The summed E-state index contributed by atoms with van der Waals surface area (Å²) in [5, 5.41) is 1.28. The number of fused-ring (bicyclic) bond motifs is 1. The van der Waals surface area contributed by atoms with Gasteiger partial charge in [-0.05, 0) is 42.3 Å². The Kier molecular flexibility index (Phi) is 3.90. The first-order chi connectivity index (χ1) is 9.78. The zero-order valence-electron chi connectivity index (χ0n) is 11.1. The van der Waals surface area contributed by atoms with Gasteiger partial charge in [0, 0.05) is 27.5 Å². The van der Waals surface area contributed by atoms with Crippen LogP contribution in [0.4, 0.5) is 0 Å². The van der Waals surface area contributed by atoms with Crippen LogP contribution in [0.1, 0.15) is 17.0 Å². The average molecular weight is 329 g/mol. The predicted octanol–water partition coefficient (Wildman–Crippen LogP) is 4.22. The van der Waals surface area contributed by atoms with Crippen LogP contribution in [0.2, 0.25) is 0 Å². The van der Waals surface area contributed by atoms with Crippen LogP contribution in [0.25, 0.3) is 10.9 Å². The molecule has 2 aromatic carbocycles. The van der Waals surface area contributed by atoms with E-state index < -0.39 is 0 Å². The van der Waals surface area contributed by atoms with Gasteiger partial charge in [0.25, 0.3) is 0 Å². The summed E-state index contributed by atoms with van der Waals surface area (Å²) in [5.41, 5.74) is 9.81. The molecule has 0 aliphatic rings. The third-order valence-electron chi connectivity index (χ3n) is 3.72. The number of aromatic nitrogens is 1. The summed E-state index contributed by atoms with van der Waals surface area (Å²) in [6.07, 6.45) is 3.05. The number of rotatable bonds is 4. The first kappa shape index (κ1) is 13.4. The molecule has 3 aromatic rings. The van der Waals surface area contributed by atoms with Crippen LogP contribution in [-0.4, -0.2) is 11.5 Å². The number of benzene rings is 2. The minimum absolute atomic E-state index is 0.334. The molecule has 3 rings (SSSR count). The fourth-order valence-electron chi connectivity index (χ4n) is 2.70. The molecule has 0 spiro atoms. The molecule has 0 amide bonds. The maximum atomic E-state index is 6.02. The summed E-state index contributed by atoms with van der Waals surface area (Å²) >= 11 is 3.53. The van der Waals surface area contributed by atoms with E-state index in [1.54, 1.807) is 0 Å². The topological polar surface area (TPSA) is 41.8 Å². The number of H-pyrrole nitrogens is 1. The second-order valence-corrected chi connectivity index (χ2v) is 5.97. The largest absolute Gasteiger partial charge is 0.361 e. The Bertz CT molecular complexity index is 718. The number of hydrogen-bond acceptors (Lipinski definition) is 1. The molecule has 1 atom stereocenters. The Balaban J connectivity index is 1.93. The number of aromatic amines is 1. The van der Waals surface area contributed by atoms with Crippen LogP contribution >= 0.6 is 15.9 Å². The highest BCUT2D eigenvalue weighted by atomic mass is 79.9. The van der Waals surface area contributed by atoms with Gasteiger partial charge in [0.1, 0.15) is 0 Å². The lowest BCUT2D eigenvalue weighted by molar-refractivity contribution is 0.699. The average Bonchev–Trinajstić information content (AvgIpc) is 2.89. The van der Waals surface area contributed by atoms with Crippen LogP contribution in [0.15, 0.2) is 59.2 Å². The summed E-state index contributed by atoms with van der Waals surface area (Å²) in [5.74, 6) is 0.334. The van der Waals surface area contributed by atoms with Gasteiger partial charge < -0.3 is 10.7 Å². The molecular weight excluding hydrogens is 312 g/mol. The normalized spacial score (nSPS) is 12.7. The number of nitrogens with two attached hydrogens (primary N) is 1. The smallest absolute Gasteiger partial charge is 0.0456 e. The van der Waals surface area contributed by atoms with Gasteiger partial charge in [0.05, 0.1) is 0 Å². The van der Waals surface area contributed by atoms with Crippen LogP contribution in [-0.2, 0) is 6.42 Å². The number of halogens is 1. The van der Waals surface area contributed by atoms with Crippen molar-refractivity contribution < 1.29 is 0 Å². The second kappa shape index (κ2) is 5.81. The molecule has 0 saturated heterocycles. The molecule has 0 fully saturated rings. The Morgan fingerprint density at radius 3 is 2.75 bits per heavy atom. The van der Waals surface area contributed by atoms with Crippen LogP contribution in [0.5, 0.6) is 0 Å². The van der Waals surface area contributed by atoms with E-state index in [0.717, 1.165) is 10.9 Å². The highest BCUT2D eigenvalue weighted by Gasteiger charge is 2.15. The van der Waals surface area contributed by atoms with E-state index >= 15 is 0 Å². The molecule has 0 radical (unpaired) electrons. The minimum atomic E-state index is 0.334. The van der Waals surface area contributed by atoms with Gasteiger partial charge in [-0.25, -0.2) is 0 Å². The highest BCUT2D eigenvalue weighted by Crippen LogP contribution is 2.28. The van der Waals surface area contributed by atoms with Crippen molar-refractivity contribution in [1.29, 1.82) is 0 Å². The Morgan fingerprint density at radius 1 is 1.10 bits per heavy atom. The maximum absolute atomic E-state index is 6.02. The minimum Gasteiger partial charge on any atom is -0.361 e. The SMILES string of the molecule is NCC(Cc1cccc(Br)c1)c1c[nH]c2ccccc12.